The molecule has 1 aromatic carbocycles. The topological polar surface area (TPSA) is 67.5 Å². The molecule has 6 heteroatoms. The van der Waals surface area contributed by atoms with E-state index in [0.29, 0.717) is 11.6 Å². The third-order valence-corrected chi connectivity index (χ3v) is 5.15. The van der Waals surface area contributed by atoms with Gasteiger partial charge in [0.05, 0.1) is 20.3 Å². The molecule has 0 unspecified atom stereocenters. The van der Waals surface area contributed by atoms with Crippen molar-refractivity contribution in [1.82, 2.24) is 15.1 Å². The van der Waals surface area contributed by atoms with E-state index in [1.54, 1.807) is 14.2 Å². The molecule has 1 amide bonds. The largest absolute Gasteiger partial charge is 0.497 e. The molecule has 1 N–H and O–H groups in total. The van der Waals surface area contributed by atoms with Gasteiger partial charge in [-0.05, 0) is 43.9 Å². The Balaban J connectivity index is 1.60. The molecule has 1 aliphatic carbocycles. The molecular weight excluding hydrogens is 318 g/mol. The second kappa shape index (κ2) is 6.43. The van der Waals surface area contributed by atoms with Crippen LogP contribution in [0.15, 0.2) is 24.3 Å². The van der Waals surface area contributed by atoms with Crippen molar-refractivity contribution in [3.8, 4) is 11.5 Å². The minimum absolute atomic E-state index is 0.00873. The summed E-state index contributed by atoms with van der Waals surface area (Å²) in [5.41, 5.74) is 2.62. The quantitative estimate of drug-likeness (QED) is 0.906. The van der Waals surface area contributed by atoms with E-state index in [-0.39, 0.29) is 11.9 Å². The summed E-state index contributed by atoms with van der Waals surface area (Å²) < 4.78 is 10.8. The predicted octanol–water partition coefficient (Wildman–Crippen LogP) is 3.28. The highest BCUT2D eigenvalue weighted by Gasteiger charge is 2.34. The summed E-state index contributed by atoms with van der Waals surface area (Å²) in [7, 11) is 3.28. The number of hydrogen-bond donors (Lipinski definition) is 1. The molecule has 6 nitrogen and oxygen atoms in total. The number of aromatic amines is 1. The van der Waals surface area contributed by atoms with Crippen molar-refractivity contribution < 1.29 is 14.3 Å². The molecule has 132 valence electrons. The third kappa shape index (κ3) is 2.97. The van der Waals surface area contributed by atoms with Gasteiger partial charge in [-0.15, -0.1) is 0 Å². The maximum atomic E-state index is 13.0. The number of carbonyl (C=O) groups is 1. The van der Waals surface area contributed by atoms with Gasteiger partial charge >= 0.3 is 0 Å². The number of H-pyrrole nitrogens is 1. The minimum atomic E-state index is -0.0106. The maximum absolute atomic E-state index is 13.0. The Bertz CT molecular complexity index is 782. The van der Waals surface area contributed by atoms with Crippen LogP contribution >= 0.6 is 0 Å². The first kappa shape index (κ1) is 16.0. The molecule has 4 rings (SSSR count). The van der Waals surface area contributed by atoms with Crippen LogP contribution in [0, 0.1) is 0 Å². The van der Waals surface area contributed by atoms with E-state index in [0.717, 1.165) is 42.1 Å². The Kier molecular flexibility index (Phi) is 4.11. The Morgan fingerprint density at radius 2 is 2.04 bits per heavy atom. The van der Waals surface area contributed by atoms with Crippen molar-refractivity contribution >= 4 is 5.91 Å². The molecule has 1 atom stereocenters. The number of nitrogens with one attached hydrogen (secondary N) is 1. The molecule has 2 fully saturated rings. The summed E-state index contributed by atoms with van der Waals surface area (Å²) in [5.74, 6) is 2.05. The van der Waals surface area contributed by atoms with Crippen molar-refractivity contribution in [3.63, 3.8) is 0 Å². The SMILES string of the molecule is COc1ccc([C@H]2CCCN2C(=O)c2cc(C3CC3)[nH]n2)c(OC)c1. The van der Waals surface area contributed by atoms with Crippen LogP contribution in [0.5, 0.6) is 11.5 Å². The van der Waals surface area contributed by atoms with Crippen LogP contribution < -0.4 is 9.47 Å². The molecule has 1 aromatic heterocycles. The normalized spacial score (nSPS) is 19.9. The fraction of sp³-hybridized carbons (Fsp3) is 0.474. The number of ether oxygens (including phenoxy) is 2. The average molecular weight is 341 g/mol. The van der Waals surface area contributed by atoms with Crippen molar-refractivity contribution in [3.05, 3.63) is 41.2 Å². The highest BCUT2D eigenvalue weighted by Crippen LogP contribution is 2.41. The van der Waals surface area contributed by atoms with E-state index in [4.69, 9.17) is 9.47 Å². The average Bonchev–Trinajstić information content (AvgIpc) is 3.19. The van der Waals surface area contributed by atoms with Crippen LogP contribution in [0.1, 0.15) is 59.4 Å². The lowest BCUT2D eigenvalue weighted by atomic mass is 10.0. The number of benzene rings is 1. The van der Waals surface area contributed by atoms with Crippen LogP contribution in [-0.2, 0) is 0 Å². The lowest BCUT2D eigenvalue weighted by Crippen LogP contribution is -2.31. The van der Waals surface area contributed by atoms with Crippen molar-refractivity contribution in [2.45, 2.75) is 37.6 Å². The smallest absolute Gasteiger partial charge is 0.274 e. The Hall–Kier alpha value is -2.50. The zero-order valence-corrected chi connectivity index (χ0v) is 14.6. The first-order chi connectivity index (χ1) is 12.2. The standard InChI is InChI=1S/C19H23N3O3/c1-24-13-7-8-14(18(10-13)25-2)17-4-3-9-22(17)19(23)16-11-15(20-21-16)12-5-6-12/h7-8,10-12,17H,3-6,9H2,1-2H3,(H,20,21)/t17-/m1/s1. The summed E-state index contributed by atoms with van der Waals surface area (Å²) in [6.07, 6.45) is 4.27. The van der Waals surface area contributed by atoms with Gasteiger partial charge in [-0.25, -0.2) is 0 Å². The van der Waals surface area contributed by atoms with Crippen molar-refractivity contribution in [2.75, 3.05) is 20.8 Å². The fourth-order valence-corrected chi connectivity index (χ4v) is 3.62. The lowest BCUT2D eigenvalue weighted by Gasteiger charge is -2.26. The summed E-state index contributed by atoms with van der Waals surface area (Å²) in [5, 5.41) is 7.28. The van der Waals surface area contributed by atoms with E-state index in [2.05, 4.69) is 10.2 Å². The Morgan fingerprint density at radius 1 is 1.20 bits per heavy atom. The third-order valence-electron chi connectivity index (χ3n) is 5.15. The number of carbonyl (C=O) groups excluding carboxylic acids is 1. The molecule has 1 saturated carbocycles. The van der Waals surface area contributed by atoms with Gasteiger partial charge in [-0.3, -0.25) is 9.89 Å². The monoisotopic (exact) mass is 341 g/mol. The summed E-state index contributed by atoms with van der Waals surface area (Å²) in [4.78, 5) is 14.9. The number of nitrogens with zero attached hydrogens (tertiary/aromatic N) is 2. The number of aromatic nitrogens is 2. The second-order valence-electron chi connectivity index (χ2n) is 6.75. The van der Waals surface area contributed by atoms with E-state index in [1.165, 1.54) is 12.8 Å². The molecule has 0 spiro atoms. The maximum Gasteiger partial charge on any atom is 0.274 e. The summed E-state index contributed by atoms with van der Waals surface area (Å²) in [6.45, 7) is 0.740. The van der Waals surface area contributed by atoms with Crippen LogP contribution in [0.3, 0.4) is 0 Å². The summed E-state index contributed by atoms with van der Waals surface area (Å²) in [6, 6.07) is 7.71. The molecule has 0 radical (unpaired) electrons. The Morgan fingerprint density at radius 3 is 2.76 bits per heavy atom. The number of amides is 1. The fourth-order valence-electron chi connectivity index (χ4n) is 3.62. The van der Waals surface area contributed by atoms with Crippen LogP contribution in [0.2, 0.25) is 0 Å². The first-order valence-electron chi connectivity index (χ1n) is 8.79. The summed E-state index contributed by atoms with van der Waals surface area (Å²) >= 11 is 0. The first-order valence-corrected chi connectivity index (χ1v) is 8.79. The van der Waals surface area contributed by atoms with Crippen molar-refractivity contribution in [1.29, 1.82) is 0 Å². The van der Waals surface area contributed by atoms with Gasteiger partial charge in [0.25, 0.3) is 5.91 Å². The number of likely N-dealkylation sites (tertiary alicyclic amines) is 1. The van der Waals surface area contributed by atoms with E-state index in [9.17, 15) is 4.79 Å². The zero-order valence-electron chi connectivity index (χ0n) is 14.6. The number of hydrogen-bond acceptors (Lipinski definition) is 4. The van der Waals surface area contributed by atoms with Gasteiger partial charge in [0.2, 0.25) is 0 Å². The second-order valence-corrected chi connectivity index (χ2v) is 6.75. The zero-order chi connectivity index (χ0) is 17.4. The highest BCUT2D eigenvalue weighted by atomic mass is 16.5. The van der Waals surface area contributed by atoms with Gasteiger partial charge in [-0.1, -0.05) is 0 Å². The molecule has 1 aliphatic heterocycles. The van der Waals surface area contributed by atoms with Gasteiger partial charge in [-0.2, -0.15) is 5.10 Å². The highest BCUT2D eigenvalue weighted by molar-refractivity contribution is 5.93. The van der Waals surface area contributed by atoms with Gasteiger partial charge in [0.1, 0.15) is 17.2 Å². The molecule has 0 bridgehead atoms. The number of rotatable bonds is 5. The van der Waals surface area contributed by atoms with Gasteiger partial charge < -0.3 is 14.4 Å². The molecule has 2 aromatic rings. The molecule has 2 heterocycles. The number of methoxy groups -OCH3 is 2. The van der Waals surface area contributed by atoms with E-state index in [1.807, 2.05) is 29.2 Å². The van der Waals surface area contributed by atoms with Crippen molar-refractivity contribution in [2.24, 2.45) is 0 Å². The van der Waals surface area contributed by atoms with Crippen LogP contribution in [-0.4, -0.2) is 41.8 Å². The Labute approximate surface area is 147 Å². The molecular formula is C19H23N3O3. The molecule has 25 heavy (non-hydrogen) atoms. The van der Waals surface area contributed by atoms with Gasteiger partial charge in [0, 0.05) is 29.8 Å². The lowest BCUT2D eigenvalue weighted by molar-refractivity contribution is 0.0728. The predicted molar refractivity (Wildman–Crippen MR) is 93.1 cm³/mol. The molecule has 1 saturated heterocycles. The van der Waals surface area contributed by atoms with E-state index < -0.39 is 0 Å². The van der Waals surface area contributed by atoms with E-state index >= 15 is 0 Å². The van der Waals surface area contributed by atoms with Crippen LogP contribution in [0.25, 0.3) is 0 Å². The minimum Gasteiger partial charge on any atom is -0.497 e. The molecule has 2 aliphatic rings. The van der Waals surface area contributed by atoms with Gasteiger partial charge in [0.15, 0.2) is 0 Å². The van der Waals surface area contributed by atoms with Crippen LogP contribution in [0.4, 0.5) is 0 Å².